The molecule has 0 radical (unpaired) electrons. The maximum atomic E-state index is 13.3. The van der Waals surface area contributed by atoms with E-state index in [4.69, 9.17) is 0 Å². The Labute approximate surface area is 185 Å². The summed E-state index contributed by atoms with van der Waals surface area (Å²) in [4.78, 5) is 26.5. The van der Waals surface area contributed by atoms with Gasteiger partial charge in [-0.2, -0.15) is 4.57 Å². The van der Waals surface area contributed by atoms with Crippen LogP contribution in [-0.4, -0.2) is 11.6 Å². The second-order valence-corrected chi connectivity index (χ2v) is 6.86. The SMILES string of the molecule is Cc1cc(C)c[n+](C2=C(Nc3ccc(F)cc3)C(=O)c3ccccc3C2=O)c1.[I-]. The fraction of sp³-hybridized carbons (Fsp3) is 0.0870. The number of nitrogens with one attached hydrogen (secondary N) is 1. The van der Waals surface area contributed by atoms with Gasteiger partial charge in [0.05, 0.1) is 0 Å². The van der Waals surface area contributed by atoms with Gasteiger partial charge in [-0.05, 0) is 44.2 Å². The zero-order chi connectivity index (χ0) is 19.8. The summed E-state index contributed by atoms with van der Waals surface area (Å²) in [5.41, 5.74) is 3.61. The van der Waals surface area contributed by atoms with E-state index in [1.165, 1.54) is 24.3 Å². The van der Waals surface area contributed by atoms with Gasteiger partial charge in [-0.25, -0.2) is 4.39 Å². The molecular formula is C23H18FIN2O2. The Kier molecular flexibility index (Phi) is 5.93. The fourth-order valence-corrected chi connectivity index (χ4v) is 3.44. The van der Waals surface area contributed by atoms with Crippen molar-refractivity contribution in [1.29, 1.82) is 0 Å². The molecule has 0 saturated carbocycles. The van der Waals surface area contributed by atoms with Crippen LogP contribution in [0.25, 0.3) is 5.70 Å². The number of nitrogens with zero attached hydrogens (tertiary/aromatic N) is 1. The van der Waals surface area contributed by atoms with Gasteiger partial charge in [-0.1, -0.05) is 24.3 Å². The minimum Gasteiger partial charge on any atom is -1.00 e. The third-order valence-corrected chi connectivity index (χ3v) is 4.61. The molecule has 1 aliphatic carbocycles. The number of Topliss-reactive ketones (excluding diaryl/α,β-unsaturated/α-hetero) is 2. The van der Waals surface area contributed by atoms with Gasteiger partial charge in [-0.3, -0.25) is 9.59 Å². The van der Waals surface area contributed by atoms with Gasteiger partial charge in [0.2, 0.25) is 5.78 Å². The number of hydrogen-bond acceptors (Lipinski definition) is 3. The number of rotatable bonds is 3. The molecule has 4 rings (SSSR count). The summed E-state index contributed by atoms with van der Waals surface area (Å²) in [6.45, 7) is 3.86. The van der Waals surface area contributed by atoms with E-state index in [0.29, 0.717) is 16.8 Å². The van der Waals surface area contributed by atoms with Gasteiger partial charge in [0, 0.05) is 27.9 Å². The highest BCUT2D eigenvalue weighted by atomic mass is 127. The minimum atomic E-state index is -0.375. The summed E-state index contributed by atoms with van der Waals surface area (Å²) in [6.07, 6.45) is 3.63. The Balaban J connectivity index is 0.00000240. The highest BCUT2D eigenvalue weighted by Gasteiger charge is 2.38. The Bertz CT molecular complexity index is 1130. The van der Waals surface area contributed by atoms with Crippen LogP contribution in [0.5, 0.6) is 0 Å². The second kappa shape index (κ2) is 8.24. The molecule has 2 aromatic carbocycles. The number of aryl methyl sites for hydroxylation is 2. The first-order valence-corrected chi connectivity index (χ1v) is 8.89. The average Bonchev–Trinajstić information content (AvgIpc) is 2.67. The molecule has 0 aliphatic heterocycles. The molecule has 0 fully saturated rings. The quantitative estimate of drug-likeness (QED) is 0.433. The monoisotopic (exact) mass is 500 g/mol. The van der Waals surface area contributed by atoms with Crippen molar-refractivity contribution in [3.05, 3.63) is 101 Å². The van der Waals surface area contributed by atoms with Crippen LogP contribution in [0.15, 0.2) is 72.7 Å². The zero-order valence-corrected chi connectivity index (χ0v) is 18.0. The van der Waals surface area contributed by atoms with Crippen molar-refractivity contribution in [2.45, 2.75) is 13.8 Å². The normalized spacial score (nSPS) is 13.1. The van der Waals surface area contributed by atoms with Crippen molar-refractivity contribution in [3.63, 3.8) is 0 Å². The van der Waals surface area contributed by atoms with Gasteiger partial charge < -0.3 is 29.3 Å². The number of hydrogen-bond donors (Lipinski definition) is 1. The topological polar surface area (TPSA) is 50.1 Å². The summed E-state index contributed by atoms with van der Waals surface area (Å²) < 4.78 is 15.0. The van der Waals surface area contributed by atoms with Gasteiger partial charge in [0.1, 0.15) is 5.82 Å². The zero-order valence-electron chi connectivity index (χ0n) is 15.9. The van der Waals surface area contributed by atoms with Crippen LogP contribution in [0, 0.1) is 19.7 Å². The van der Waals surface area contributed by atoms with Crippen molar-refractivity contribution in [2.75, 3.05) is 5.32 Å². The molecule has 1 aliphatic rings. The highest BCUT2D eigenvalue weighted by molar-refractivity contribution is 6.36. The molecule has 29 heavy (non-hydrogen) atoms. The van der Waals surface area contributed by atoms with Gasteiger partial charge >= 0.3 is 0 Å². The molecule has 0 atom stereocenters. The van der Waals surface area contributed by atoms with Crippen molar-refractivity contribution in [1.82, 2.24) is 0 Å². The number of allylic oxidation sites excluding steroid dienone is 2. The number of pyridine rings is 1. The van der Waals surface area contributed by atoms with E-state index < -0.39 is 0 Å². The Morgan fingerprint density at radius 1 is 0.828 bits per heavy atom. The molecule has 6 heteroatoms. The fourth-order valence-electron chi connectivity index (χ4n) is 3.44. The summed E-state index contributed by atoms with van der Waals surface area (Å²) >= 11 is 0. The van der Waals surface area contributed by atoms with Crippen LogP contribution in [0.1, 0.15) is 31.8 Å². The van der Waals surface area contributed by atoms with E-state index in [1.54, 1.807) is 28.8 Å². The predicted octanol–water partition coefficient (Wildman–Crippen LogP) is 1.09. The van der Waals surface area contributed by atoms with E-state index in [-0.39, 0.29) is 52.8 Å². The molecule has 146 valence electrons. The number of anilines is 1. The number of aromatic nitrogens is 1. The van der Waals surface area contributed by atoms with E-state index in [9.17, 15) is 14.0 Å². The number of carbonyl (C=O) groups excluding carboxylic acids is 2. The van der Waals surface area contributed by atoms with Crippen LogP contribution in [-0.2, 0) is 0 Å². The first-order valence-electron chi connectivity index (χ1n) is 8.89. The van der Waals surface area contributed by atoms with Crippen LogP contribution in [0.3, 0.4) is 0 Å². The summed E-state index contributed by atoms with van der Waals surface area (Å²) in [7, 11) is 0. The van der Waals surface area contributed by atoms with Gasteiger partial charge in [-0.15, -0.1) is 0 Å². The maximum Gasteiger partial charge on any atom is 0.286 e. The van der Waals surface area contributed by atoms with Crippen molar-refractivity contribution in [3.8, 4) is 0 Å². The first kappa shape index (κ1) is 20.9. The maximum absolute atomic E-state index is 13.3. The lowest BCUT2D eigenvalue weighted by Gasteiger charge is -2.18. The first-order chi connectivity index (χ1) is 13.4. The van der Waals surface area contributed by atoms with E-state index in [2.05, 4.69) is 5.32 Å². The molecule has 0 bridgehead atoms. The average molecular weight is 500 g/mol. The summed E-state index contributed by atoms with van der Waals surface area (Å²) in [5.74, 6) is -0.893. The second-order valence-electron chi connectivity index (χ2n) is 6.86. The van der Waals surface area contributed by atoms with E-state index in [0.717, 1.165) is 11.1 Å². The third-order valence-electron chi connectivity index (χ3n) is 4.61. The van der Waals surface area contributed by atoms with Crippen LogP contribution in [0.4, 0.5) is 10.1 Å². The molecule has 0 amide bonds. The lowest BCUT2D eigenvalue weighted by atomic mass is 9.90. The molecule has 1 aromatic heterocycles. The van der Waals surface area contributed by atoms with E-state index >= 15 is 0 Å². The molecule has 1 N–H and O–H groups in total. The Morgan fingerprint density at radius 2 is 1.38 bits per heavy atom. The molecule has 0 spiro atoms. The number of ketones is 2. The molecular weight excluding hydrogens is 482 g/mol. The molecule has 4 nitrogen and oxygen atoms in total. The van der Waals surface area contributed by atoms with Crippen molar-refractivity contribution >= 4 is 23.0 Å². The summed E-state index contributed by atoms with van der Waals surface area (Å²) in [5, 5.41) is 3.04. The highest BCUT2D eigenvalue weighted by Crippen LogP contribution is 2.27. The number of carbonyl (C=O) groups is 2. The summed E-state index contributed by atoms with van der Waals surface area (Å²) in [6, 6.07) is 14.4. The smallest absolute Gasteiger partial charge is 0.286 e. The van der Waals surface area contributed by atoms with E-state index in [1.807, 2.05) is 32.3 Å². The van der Waals surface area contributed by atoms with Gasteiger partial charge in [0.25, 0.3) is 11.5 Å². The lowest BCUT2D eigenvalue weighted by Crippen LogP contribution is -3.00. The lowest BCUT2D eigenvalue weighted by molar-refractivity contribution is -0.578. The van der Waals surface area contributed by atoms with Crippen LogP contribution >= 0.6 is 0 Å². The van der Waals surface area contributed by atoms with Gasteiger partial charge in [0.15, 0.2) is 18.1 Å². The standard InChI is InChI=1S/C23H17FN2O2.HI/c1-14-11-15(2)13-26(12-14)21-20(25-17-9-7-16(24)8-10-17)22(27)18-5-3-4-6-19(18)23(21)28;/h3-13H,1-2H3;1H. The van der Waals surface area contributed by atoms with Crippen LogP contribution < -0.4 is 33.9 Å². The number of benzene rings is 2. The minimum absolute atomic E-state index is 0. The molecule has 0 saturated heterocycles. The molecule has 1 heterocycles. The Hall–Kier alpha value is -2.87. The largest absolute Gasteiger partial charge is 1.00 e. The number of halogens is 2. The predicted molar refractivity (Wildman–Crippen MR) is 104 cm³/mol. The molecule has 0 unspecified atom stereocenters. The number of fused-ring (bicyclic) bond motifs is 1. The van der Waals surface area contributed by atoms with Crippen molar-refractivity contribution < 1.29 is 42.5 Å². The van der Waals surface area contributed by atoms with Crippen molar-refractivity contribution in [2.24, 2.45) is 0 Å². The Morgan fingerprint density at radius 3 is 1.97 bits per heavy atom. The van der Waals surface area contributed by atoms with Crippen LogP contribution in [0.2, 0.25) is 0 Å². The third kappa shape index (κ3) is 3.98. The molecule has 3 aromatic rings.